The zero-order valence-corrected chi connectivity index (χ0v) is 9.98. The van der Waals surface area contributed by atoms with Crippen molar-refractivity contribution in [1.82, 2.24) is 0 Å². The molecule has 1 heterocycles. The van der Waals surface area contributed by atoms with Crippen LogP contribution in [0.1, 0.15) is 37.0 Å². The van der Waals surface area contributed by atoms with Gasteiger partial charge in [-0.3, -0.25) is 0 Å². The summed E-state index contributed by atoms with van der Waals surface area (Å²) in [6.45, 7) is 0. The number of hydrogen-bond donors (Lipinski definition) is 0. The molecule has 0 unspecified atom stereocenters. The van der Waals surface area contributed by atoms with E-state index in [-0.39, 0.29) is 0 Å². The smallest absolute Gasteiger partial charge is 0.202 e. The van der Waals surface area contributed by atoms with Crippen LogP contribution in [0, 0.1) is 5.92 Å². The molecular formula is C13H16F2S. The number of rotatable bonds is 3. The number of thiophene rings is 1. The summed E-state index contributed by atoms with van der Waals surface area (Å²) in [7, 11) is 0. The molecule has 1 aliphatic rings. The van der Waals surface area contributed by atoms with Crippen molar-refractivity contribution in [3.63, 3.8) is 0 Å². The van der Waals surface area contributed by atoms with Crippen molar-refractivity contribution >= 4 is 17.4 Å². The predicted octanol–water partition coefficient (Wildman–Crippen LogP) is 4.98. The van der Waals surface area contributed by atoms with Gasteiger partial charge in [0, 0.05) is 10.8 Å². The molecule has 1 aliphatic carbocycles. The van der Waals surface area contributed by atoms with Crippen LogP contribution in [0.15, 0.2) is 23.6 Å². The van der Waals surface area contributed by atoms with Gasteiger partial charge in [-0.05, 0) is 36.4 Å². The molecule has 0 aromatic carbocycles. The van der Waals surface area contributed by atoms with Gasteiger partial charge in [0.25, 0.3) is 5.92 Å². The fraction of sp³-hybridized carbons (Fsp3) is 0.538. The van der Waals surface area contributed by atoms with Crippen LogP contribution in [-0.2, 0) is 0 Å². The molecule has 0 nitrogen and oxygen atoms in total. The maximum Gasteiger partial charge on any atom is 0.269 e. The summed E-state index contributed by atoms with van der Waals surface area (Å²) in [5.74, 6) is -3.08. The Morgan fingerprint density at radius 1 is 1.25 bits per heavy atom. The van der Waals surface area contributed by atoms with Gasteiger partial charge in [-0.25, -0.2) is 8.78 Å². The highest BCUT2D eigenvalue weighted by Crippen LogP contribution is 2.37. The average Bonchev–Trinajstić information content (AvgIpc) is 2.81. The van der Waals surface area contributed by atoms with Gasteiger partial charge in [0.1, 0.15) is 0 Å². The molecule has 16 heavy (non-hydrogen) atoms. The first-order chi connectivity index (χ1) is 7.68. The minimum absolute atomic E-state index is 0.447. The van der Waals surface area contributed by atoms with Crippen molar-refractivity contribution in [2.24, 2.45) is 5.92 Å². The molecule has 1 saturated carbocycles. The number of halogens is 2. The van der Waals surface area contributed by atoms with Crippen LogP contribution in [-0.4, -0.2) is 5.92 Å². The Bertz CT molecular complexity index is 335. The van der Waals surface area contributed by atoms with Crippen LogP contribution in [0.5, 0.6) is 0 Å². The van der Waals surface area contributed by atoms with Crippen molar-refractivity contribution in [2.75, 3.05) is 0 Å². The molecule has 0 amide bonds. The van der Waals surface area contributed by atoms with Gasteiger partial charge in [0.2, 0.25) is 0 Å². The fourth-order valence-corrected chi connectivity index (χ4v) is 2.82. The quantitative estimate of drug-likeness (QED) is 0.701. The van der Waals surface area contributed by atoms with Gasteiger partial charge in [-0.1, -0.05) is 25.3 Å². The monoisotopic (exact) mass is 242 g/mol. The Morgan fingerprint density at radius 2 is 2.00 bits per heavy atom. The van der Waals surface area contributed by atoms with E-state index in [9.17, 15) is 8.78 Å². The van der Waals surface area contributed by atoms with Crippen molar-refractivity contribution in [3.05, 3.63) is 28.5 Å². The van der Waals surface area contributed by atoms with Crippen LogP contribution in [0.4, 0.5) is 8.78 Å². The van der Waals surface area contributed by atoms with Crippen LogP contribution in [0.2, 0.25) is 0 Å². The van der Waals surface area contributed by atoms with Crippen LogP contribution in [0.3, 0.4) is 0 Å². The first-order valence-electron chi connectivity index (χ1n) is 5.79. The highest BCUT2D eigenvalue weighted by Gasteiger charge is 2.36. The van der Waals surface area contributed by atoms with Gasteiger partial charge in [0.15, 0.2) is 0 Å². The number of alkyl halides is 2. The lowest BCUT2D eigenvalue weighted by atomic mass is 9.84. The van der Waals surface area contributed by atoms with Gasteiger partial charge in [0.05, 0.1) is 0 Å². The van der Waals surface area contributed by atoms with Crippen molar-refractivity contribution in [3.8, 4) is 0 Å². The molecule has 2 rings (SSSR count). The van der Waals surface area contributed by atoms with Crippen LogP contribution >= 0.6 is 11.3 Å². The molecule has 1 fully saturated rings. The summed E-state index contributed by atoms with van der Waals surface area (Å²) >= 11 is 1.49. The average molecular weight is 242 g/mol. The molecule has 0 saturated heterocycles. The molecule has 0 atom stereocenters. The summed E-state index contributed by atoms with van der Waals surface area (Å²) in [6.07, 6.45) is 7.00. The normalized spacial score (nSPS) is 19.4. The molecule has 0 bridgehead atoms. The first-order valence-corrected chi connectivity index (χ1v) is 6.67. The molecule has 3 heteroatoms. The second-order valence-electron chi connectivity index (χ2n) is 4.36. The van der Waals surface area contributed by atoms with Gasteiger partial charge in [-0.2, -0.15) is 0 Å². The topological polar surface area (TPSA) is 0 Å². The molecule has 1 aromatic rings. The summed E-state index contributed by atoms with van der Waals surface area (Å²) in [5, 5.41) is 1.90. The predicted molar refractivity (Wildman–Crippen MR) is 64.9 cm³/mol. The van der Waals surface area contributed by atoms with E-state index in [0.29, 0.717) is 12.8 Å². The van der Waals surface area contributed by atoms with E-state index in [1.54, 1.807) is 6.08 Å². The molecule has 0 radical (unpaired) electrons. The van der Waals surface area contributed by atoms with E-state index in [2.05, 4.69) is 0 Å². The maximum atomic E-state index is 13.8. The maximum absolute atomic E-state index is 13.8. The number of allylic oxidation sites excluding steroid dienone is 1. The fourth-order valence-electron chi connectivity index (χ4n) is 2.20. The zero-order chi connectivity index (χ0) is 11.4. The summed E-state index contributed by atoms with van der Waals surface area (Å²) < 4.78 is 27.6. The second kappa shape index (κ2) is 5.09. The molecule has 1 aromatic heterocycles. The molecule has 88 valence electrons. The Hall–Kier alpha value is -0.700. The lowest BCUT2D eigenvalue weighted by molar-refractivity contribution is -0.0235. The summed E-state index contributed by atoms with van der Waals surface area (Å²) in [6, 6.07) is 3.74. The van der Waals surface area contributed by atoms with Gasteiger partial charge >= 0.3 is 0 Å². The minimum atomic E-state index is -2.63. The number of hydrogen-bond acceptors (Lipinski definition) is 1. The molecule has 0 spiro atoms. The zero-order valence-electron chi connectivity index (χ0n) is 9.16. The third kappa shape index (κ3) is 2.91. The van der Waals surface area contributed by atoms with Crippen molar-refractivity contribution in [1.29, 1.82) is 0 Å². The highest BCUT2D eigenvalue weighted by molar-refractivity contribution is 7.10. The van der Waals surface area contributed by atoms with Crippen LogP contribution in [0.25, 0.3) is 6.08 Å². The molecular weight excluding hydrogens is 226 g/mol. The lowest BCUT2D eigenvalue weighted by Gasteiger charge is -2.27. The van der Waals surface area contributed by atoms with Gasteiger partial charge in [-0.15, -0.1) is 11.3 Å². The largest absolute Gasteiger partial charge is 0.269 e. The standard InChI is InChI=1S/C13H16F2S/c14-13(15,11-5-2-1-3-6-11)9-8-12-7-4-10-16-12/h4,7-11H,1-3,5-6H2/b9-8-. The Labute approximate surface area is 99.0 Å². The van der Waals surface area contributed by atoms with Gasteiger partial charge < -0.3 is 0 Å². The van der Waals surface area contributed by atoms with Crippen molar-refractivity contribution < 1.29 is 8.78 Å². The third-order valence-corrected chi connectivity index (χ3v) is 4.00. The first kappa shape index (κ1) is 11.8. The Kier molecular flexibility index (Phi) is 3.74. The van der Waals surface area contributed by atoms with E-state index in [0.717, 1.165) is 30.2 Å². The molecule has 0 N–H and O–H groups in total. The Balaban J connectivity index is 2.00. The minimum Gasteiger partial charge on any atom is -0.202 e. The van der Waals surface area contributed by atoms with E-state index in [1.165, 1.54) is 11.3 Å². The van der Waals surface area contributed by atoms with E-state index in [1.807, 2.05) is 17.5 Å². The summed E-state index contributed by atoms with van der Waals surface area (Å²) in [5.41, 5.74) is 0. The Morgan fingerprint density at radius 3 is 2.62 bits per heavy atom. The third-order valence-electron chi connectivity index (χ3n) is 3.16. The van der Waals surface area contributed by atoms with E-state index in [4.69, 9.17) is 0 Å². The molecule has 0 aliphatic heterocycles. The SMILES string of the molecule is FC(F)(/C=C\c1cccs1)C1CCCCC1. The lowest BCUT2D eigenvalue weighted by Crippen LogP contribution is -2.27. The summed E-state index contributed by atoms with van der Waals surface area (Å²) in [4.78, 5) is 0.899. The van der Waals surface area contributed by atoms with Crippen LogP contribution < -0.4 is 0 Å². The van der Waals surface area contributed by atoms with E-state index < -0.39 is 11.8 Å². The second-order valence-corrected chi connectivity index (χ2v) is 5.34. The van der Waals surface area contributed by atoms with Crippen molar-refractivity contribution in [2.45, 2.75) is 38.0 Å². The highest BCUT2D eigenvalue weighted by atomic mass is 32.1. The van der Waals surface area contributed by atoms with E-state index >= 15 is 0 Å².